The van der Waals surface area contributed by atoms with Gasteiger partial charge in [-0.25, -0.2) is 0 Å². The van der Waals surface area contributed by atoms with Gasteiger partial charge in [-0.1, -0.05) is 0 Å². The summed E-state index contributed by atoms with van der Waals surface area (Å²) in [6.45, 7) is 8.55. The van der Waals surface area contributed by atoms with Crippen molar-refractivity contribution in [1.82, 2.24) is 0 Å². The van der Waals surface area contributed by atoms with Gasteiger partial charge in [-0.3, -0.25) is 0 Å². The lowest BCUT2D eigenvalue weighted by atomic mass is 9.89. The topological polar surface area (TPSA) is 36.9 Å². The lowest BCUT2D eigenvalue weighted by Crippen LogP contribution is -2.56. The molecule has 0 N–H and O–H groups in total. The van der Waals surface area contributed by atoms with Crippen LogP contribution < -0.4 is 0 Å². The zero-order chi connectivity index (χ0) is 12.8. The molecule has 0 aliphatic rings. The number of rotatable bonds is 8. The highest BCUT2D eigenvalue weighted by atomic mass is 16.6. The molecule has 0 aromatic heterocycles. The fourth-order valence-corrected chi connectivity index (χ4v) is 1.99. The molecule has 0 bridgehead atoms. The monoisotopic (exact) mass is 234 g/mol. The Bertz CT molecular complexity index is 186. The Labute approximate surface area is 99.2 Å². The molecule has 0 aliphatic carbocycles. The molecular formula is C12H26O4. The van der Waals surface area contributed by atoms with E-state index in [1.54, 1.807) is 21.3 Å². The van der Waals surface area contributed by atoms with Gasteiger partial charge in [0.25, 0.3) is 0 Å². The van der Waals surface area contributed by atoms with Crippen LogP contribution in [0.5, 0.6) is 0 Å². The van der Waals surface area contributed by atoms with Crippen molar-refractivity contribution in [2.45, 2.75) is 51.6 Å². The maximum atomic E-state index is 5.58. The smallest absolute Gasteiger partial charge is 0.119 e. The minimum absolute atomic E-state index is 0.0439. The summed E-state index contributed by atoms with van der Waals surface area (Å²) in [6.07, 6.45) is -0.296. The van der Waals surface area contributed by atoms with Crippen LogP contribution in [0.15, 0.2) is 0 Å². The van der Waals surface area contributed by atoms with Crippen molar-refractivity contribution >= 4 is 0 Å². The first-order chi connectivity index (χ1) is 7.47. The highest BCUT2D eigenvalue weighted by Gasteiger charge is 2.43. The van der Waals surface area contributed by atoms with Gasteiger partial charge in [0.2, 0.25) is 0 Å². The molecule has 0 heterocycles. The van der Waals surface area contributed by atoms with E-state index in [9.17, 15) is 0 Å². The van der Waals surface area contributed by atoms with Crippen molar-refractivity contribution in [3.05, 3.63) is 0 Å². The van der Waals surface area contributed by atoms with Gasteiger partial charge in [0.15, 0.2) is 0 Å². The Morgan fingerprint density at radius 2 is 1.62 bits per heavy atom. The second-order valence-corrected chi connectivity index (χ2v) is 4.08. The second-order valence-electron chi connectivity index (χ2n) is 4.08. The summed E-state index contributed by atoms with van der Waals surface area (Å²) in [5.74, 6) is 0. The van der Waals surface area contributed by atoms with E-state index >= 15 is 0 Å². The van der Waals surface area contributed by atoms with E-state index in [1.165, 1.54) is 0 Å². The third kappa shape index (κ3) is 3.42. The van der Waals surface area contributed by atoms with Crippen molar-refractivity contribution < 1.29 is 18.9 Å². The Kier molecular flexibility index (Phi) is 7.15. The normalized spacial score (nSPS) is 21.2. The van der Waals surface area contributed by atoms with Crippen molar-refractivity contribution in [2.24, 2.45) is 0 Å². The molecule has 4 heteroatoms. The van der Waals surface area contributed by atoms with Gasteiger partial charge in [0.1, 0.15) is 11.7 Å². The van der Waals surface area contributed by atoms with Gasteiger partial charge in [-0.15, -0.1) is 0 Å². The molecule has 16 heavy (non-hydrogen) atoms. The SMILES string of the molecule is CCOC(C)C(OC)C(C)(OC)C(C)OC. The first-order valence-corrected chi connectivity index (χ1v) is 5.70. The molecule has 0 saturated carbocycles. The molecule has 0 radical (unpaired) electrons. The van der Waals surface area contributed by atoms with E-state index in [-0.39, 0.29) is 18.3 Å². The summed E-state index contributed by atoms with van der Waals surface area (Å²) < 4.78 is 22.0. The minimum atomic E-state index is -0.530. The van der Waals surface area contributed by atoms with E-state index in [2.05, 4.69) is 0 Å². The summed E-state index contributed by atoms with van der Waals surface area (Å²) in [7, 11) is 5.00. The molecule has 98 valence electrons. The molecule has 0 saturated heterocycles. The van der Waals surface area contributed by atoms with E-state index in [0.29, 0.717) is 6.61 Å². The summed E-state index contributed by atoms with van der Waals surface area (Å²) in [5, 5.41) is 0. The number of hydrogen-bond donors (Lipinski definition) is 0. The molecule has 4 unspecified atom stereocenters. The average molecular weight is 234 g/mol. The van der Waals surface area contributed by atoms with Crippen molar-refractivity contribution in [3.8, 4) is 0 Å². The van der Waals surface area contributed by atoms with E-state index in [1.807, 2.05) is 27.7 Å². The predicted molar refractivity (Wildman–Crippen MR) is 63.8 cm³/mol. The van der Waals surface area contributed by atoms with Crippen LogP contribution in [0.2, 0.25) is 0 Å². The quantitative estimate of drug-likeness (QED) is 0.642. The predicted octanol–water partition coefficient (Wildman–Crippen LogP) is 1.87. The molecule has 0 aliphatic heterocycles. The van der Waals surface area contributed by atoms with Gasteiger partial charge in [0, 0.05) is 27.9 Å². The molecule has 0 aromatic carbocycles. The van der Waals surface area contributed by atoms with Gasteiger partial charge in [-0.05, 0) is 27.7 Å². The summed E-state index contributed by atoms with van der Waals surface area (Å²) in [6, 6.07) is 0. The van der Waals surface area contributed by atoms with Gasteiger partial charge >= 0.3 is 0 Å². The molecule has 0 amide bonds. The second kappa shape index (κ2) is 7.22. The average Bonchev–Trinajstić information content (AvgIpc) is 2.28. The van der Waals surface area contributed by atoms with Crippen LogP contribution in [0, 0.1) is 0 Å². The summed E-state index contributed by atoms with van der Waals surface area (Å²) in [5.41, 5.74) is -0.530. The fourth-order valence-electron chi connectivity index (χ4n) is 1.99. The molecule has 0 rings (SSSR count). The molecule has 4 atom stereocenters. The fraction of sp³-hybridized carbons (Fsp3) is 1.00. The molecule has 4 nitrogen and oxygen atoms in total. The molecule has 0 spiro atoms. The van der Waals surface area contributed by atoms with Crippen LogP contribution in [0.25, 0.3) is 0 Å². The molecule has 0 fully saturated rings. The maximum absolute atomic E-state index is 5.58. The lowest BCUT2D eigenvalue weighted by molar-refractivity contribution is -0.200. The van der Waals surface area contributed by atoms with Crippen LogP contribution in [-0.2, 0) is 18.9 Å². The van der Waals surface area contributed by atoms with E-state index in [0.717, 1.165) is 0 Å². The van der Waals surface area contributed by atoms with Crippen molar-refractivity contribution in [3.63, 3.8) is 0 Å². The van der Waals surface area contributed by atoms with Crippen LogP contribution in [0.3, 0.4) is 0 Å². The number of ether oxygens (including phenoxy) is 4. The zero-order valence-corrected chi connectivity index (χ0v) is 11.6. The van der Waals surface area contributed by atoms with Crippen LogP contribution in [-0.4, -0.2) is 51.8 Å². The Hall–Kier alpha value is -0.160. The highest BCUT2D eigenvalue weighted by Crippen LogP contribution is 2.27. The first kappa shape index (κ1) is 15.8. The van der Waals surface area contributed by atoms with E-state index < -0.39 is 5.60 Å². The third-order valence-corrected chi connectivity index (χ3v) is 3.28. The summed E-state index contributed by atoms with van der Waals surface area (Å²) >= 11 is 0. The number of methoxy groups -OCH3 is 3. The van der Waals surface area contributed by atoms with Crippen LogP contribution in [0.4, 0.5) is 0 Å². The summed E-state index contributed by atoms with van der Waals surface area (Å²) in [4.78, 5) is 0. The van der Waals surface area contributed by atoms with Crippen molar-refractivity contribution in [2.75, 3.05) is 27.9 Å². The zero-order valence-electron chi connectivity index (χ0n) is 11.6. The van der Waals surface area contributed by atoms with E-state index in [4.69, 9.17) is 18.9 Å². The Morgan fingerprint density at radius 3 is 1.94 bits per heavy atom. The molecule has 0 aromatic rings. The Balaban J connectivity index is 4.85. The first-order valence-electron chi connectivity index (χ1n) is 5.70. The largest absolute Gasteiger partial charge is 0.379 e. The number of hydrogen-bond acceptors (Lipinski definition) is 4. The van der Waals surface area contributed by atoms with Gasteiger partial charge < -0.3 is 18.9 Å². The standard InChI is InChI=1S/C12H26O4/c1-8-16-9(2)11(14-6)12(4,15-7)10(3)13-5/h9-11H,8H2,1-7H3. The highest BCUT2D eigenvalue weighted by molar-refractivity contribution is 4.93. The Morgan fingerprint density at radius 1 is 1.06 bits per heavy atom. The van der Waals surface area contributed by atoms with Gasteiger partial charge in [0.05, 0.1) is 12.2 Å². The van der Waals surface area contributed by atoms with Crippen molar-refractivity contribution in [1.29, 1.82) is 0 Å². The third-order valence-electron chi connectivity index (χ3n) is 3.28. The minimum Gasteiger partial charge on any atom is -0.379 e. The van der Waals surface area contributed by atoms with Crippen LogP contribution >= 0.6 is 0 Å². The maximum Gasteiger partial charge on any atom is 0.119 e. The molecular weight excluding hydrogens is 208 g/mol. The van der Waals surface area contributed by atoms with Gasteiger partial charge in [-0.2, -0.15) is 0 Å². The lowest BCUT2D eigenvalue weighted by Gasteiger charge is -2.41. The van der Waals surface area contributed by atoms with Crippen LogP contribution in [0.1, 0.15) is 27.7 Å².